The lowest BCUT2D eigenvalue weighted by molar-refractivity contribution is -0.122. The van der Waals surface area contributed by atoms with E-state index in [0.29, 0.717) is 15.4 Å². The fraction of sp³-hybridized carbons (Fsp3) is 0.368. The Morgan fingerprint density at radius 1 is 1.23 bits per heavy atom. The summed E-state index contributed by atoms with van der Waals surface area (Å²) in [6.45, 7) is 3.20. The molecule has 2 aromatic rings. The highest BCUT2D eigenvalue weighted by molar-refractivity contribution is 9.10. The summed E-state index contributed by atoms with van der Waals surface area (Å²) in [5.74, 6) is 2.18. The summed E-state index contributed by atoms with van der Waals surface area (Å²) in [5, 5.41) is 2.99. The number of hydrogen-bond donors (Lipinski definition) is 1. The normalized spacial score (nSPS) is 11.3. The highest BCUT2D eigenvalue weighted by atomic mass is 79.9. The maximum absolute atomic E-state index is 12.5. The molecule has 0 radical (unpaired) electrons. The maximum atomic E-state index is 12.5. The first-order valence-corrected chi connectivity index (χ1v) is 11.2. The van der Waals surface area contributed by atoms with E-state index in [0.717, 1.165) is 0 Å². The van der Waals surface area contributed by atoms with Gasteiger partial charge in [0.25, 0.3) is 5.91 Å². The van der Waals surface area contributed by atoms with Crippen molar-refractivity contribution in [3.8, 4) is 18.1 Å². The monoisotopic (exact) mass is 501 g/mol. The quantitative estimate of drug-likeness (QED) is 0.283. The number of phosphoric ester groups is 1. The Balaban J connectivity index is 2.27. The number of halogens is 1. The average Bonchev–Trinajstić information content (AvgIpc) is 2.69. The molecule has 0 saturated carbocycles. The number of nitrogens with one attached hydrogen (secondary N) is 1. The van der Waals surface area contributed by atoms with Gasteiger partial charge >= 0.3 is 13.4 Å². The molecule has 162 valence electrons. The molecule has 1 N–H and O–H groups in total. The largest absolute Gasteiger partial charge is 0.482 e. The Hall–Kier alpha value is -2.15. The van der Waals surface area contributed by atoms with E-state index >= 15 is 0 Å². The van der Waals surface area contributed by atoms with Crippen molar-refractivity contribution in [2.24, 2.45) is 0 Å². The van der Waals surface area contributed by atoms with Gasteiger partial charge in [-0.25, -0.2) is 9.36 Å². The summed E-state index contributed by atoms with van der Waals surface area (Å²) in [5.41, 5.74) is -0.0188. The van der Waals surface area contributed by atoms with Crippen LogP contribution in [0.5, 0.6) is 5.75 Å². The van der Waals surface area contributed by atoms with Crippen LogP contribution in [0.4, 0.5) is 0 Å². The molecule has 0 fully saturated rings. The van der Waals surface area contributed by atoms with E-state index in [4.69, 9.17) is 29.1 Å². The molecule has 1 amide bonds. The van der Waals surface area contributed by atoms with E-state index < -0.39 is 19.4 Å². The molecule has 11 heteroatoms. The molecule has 0 saturated heterocycles. The van der Waals surface area contributed by atoms with E-state index in [1.807, 2.05) is 0 Å². The van der Waals surface area contributed by atoms with Crippen molar-refractivity contribution in [1.82, 2.24) is 5.32 Å². The van der Waals surface area contributed by atoms with Gasteiger partial charge in [0.2, 0.25) is 0 Å². The van der Waals surface area contributed by atoms with Crippen LogP contribution in [-0.4, -0.2) is 32.3 Å². The zero-order valence-corrected chi connectivity index (χ0v) is 18.9. The Labute approximate surface area is 181 Å². The second-order valence-corrected chi connectivity index (χ2v) is 8.22. The van der Waals surface area contributed by atoms with Crippen LogP contribution in [0.2, 0.25) is 0 Å². The third-order valence-electron chi connectivity index (χ3n) is 3.58. The number of amides is 1. The van der Waals surface area contributed by atoms with Crippen LogP contribution < -0.4 is 15.7 Å². The number of benzene rings is 1. The number of terminal acetylenes is 1. The van der Waals surface area contributed by atoms with Crippen LogP contribution >= 0.6 is 23.8 Å². The molecule has 2 rings (SSSR count). The highest BCUT2D eigenvalue weighted by Crippen LogP contribution is 2.50. The molecule has 0 unspecified atom stereocenters. The predicted octanol–water partition coefficient (Wildman–Crippen LogP) is 3.38. The van der Waals surface area contributed by atoms with Crippen LogP contribution in [0.1, 0.15) is 19.4 Å². The summed E-state index contributed by atoms with van der Waals surface area (Å²) in [6, 6.07) is 4.33. The van der Waals surface area contributed by atoms with Crippen molar-refractivity contribution in [2.45, 2.75) is 20.5 Å². The van der Waals surface area contributed by atoms with Crippen molar-refractivity contribution < 1.29 is 32.1 Å². The van der Waals surface area contributed by atoms with Gasteiger partial charge in [-0.1, -0.05) is 5.92 Å². The molecular formula is C19H21BrNO8P. The zero-order chi connectivity index (χ0) is 22.1. The zero-order valence-electron chi connectivity index (χ0n) is 16.4. The Kier molecular flexibility index (Phi) is 9.08. The minimum absolute atomic E-state index is 0.0899. The first-order chi connectivity index (χ1) is 14.3. The first kappa shape index (κ1) is 24.1. The van der Waals surface area contributed by atoms with E-state index in [1.54, 1.807) is 19.9 Å². The molecule has 0 atom stereocenters. The van der Waals surface area contributed by atoms with Crippen molar-refractivity contribution in [3.05, 3.63) is 38.7 Å². The summed E-state index contributed by atoms with van der Waals surface area (Å²) in [7, 11) is -3.76. The lowest BCUT2D eigenvalue weighted by atomic mass is 10.1. The molecule has 0 aliphatic carbocycles. The van der Waals surface area contributed by atoms with Gasteiger partial charge < -0.3 is 14.5 Å². The minimum atomic E-state index is -3.76. The van der Waals surface area contributed by atoms with Gasteiger partial charge in [-0.2, -0.15) is 0 Å². The smallest absolute Gasteiger partial charge is 0.475 e. The molecule has 1 aromatic carbocycles. The topological polar surface area (TPSA) is 113 Å². The van der Waals surface area contributed by atoms with Gasteiger partial charge in [0, 0.05) is 17.5 Å². The van der Waals surface area contributed by atoms with Gasteiger partial charge in [-0.3, -0.25) is 18.4 Å². The Morgan fingerprint density at radius 2 is 1.93 bits per heavy atom. The predicted molar refractivity (Wildman–Crippen MR) is 113 cm³/mol. The van der Waals surface area contributed by atoms with Gasteiger partial charge in [-0.15, -0.1) is 6.42 Å². The summed E-state index contributed by atoms with van der Waals surface area (Å²) in [6.07, 6.45) is 5.09. The molecule has 1 heterocycles. The number of fused-ring (bicyclic) bond motifs is 1. The fourth-order valence-corrected chi connectivity index (χ4v) is 3.99. The van der Waals surface area contributed by atoms with Gasteiger partial charge in [-0.05, 0) is 41.4 Å². The van der Waals surface area contributed by atoms with Gasteiger partial charge in [0.1, 0.15) is 11.3 Å². The average molecular weight is 502 g/mol. The second-order valence-electron chi connectivity index (χ2n) is 5.70. The van der Waals surface area contributed by atoms with Crippen molar-refractivity contribution in [1.29, 1.82) is 0 Å². The number of carbonyl (C=O) groups excluding carboxylic acids is 1. The molecule has 0 bridgehead atoms. The number of hydrogen-bond acceptors (Lipinski definition) is 8. The fourth-order valence-electron chi connectivity index (χ4n) is 2.38. The number of rotatable bonds is 11. The standard InChI is InChI=1S/C19H21BrNO8P/c1-4-7-21-18(22)12-25-17-10-16-14(9-15(17)20)13(8-19(23)29-16)11-28-30(24,26-5-2)27-6-3/h1,8-10H,5-7,11-12H2,2-3H3,(H,21,22). The number of phosphoric acid groups is 1. The van der Waals surface area contributed by atoms with E-state index in [2.05, 4.69) is 27.2 Å². The Bertz CT molecular complexity index is 1040. The van der Waals surface area contributed by atoms with E-state index in [-0.39, 0.29) is 44.3 Å². The van der Waals surface area contributed by atoms with Crippen LogP contribution in [0.15, 0.2) is 31.9 Å². The van der Waals surface area contributed by atoms with E-state index in [9.17, 15) is 14.2 Å². The summed E-state index contributed by atoms with van der Waals surface area (Å²) >= 11 is 3.36. The molecular weight excluding hydrogens is 481 g/mol. The van der Waals surface area contributed by atoms with Gasteiger partial charge in [0.05, 0.1) is 30.8 Å². The maximum Gasteiger partial charge on any atom is 0.475 e. The molecule has 1 aromatic heterocycles. The second kappa shape index (κ2) is 11.3. The SMILES string of the molecule is C#CCNC(=O)COc1cc2oc(=O)cc(COP(=O)(OCC)OCC)c2cc1Br. The lowest BCUT2D eigenvalue weighted by Gasteiger charge is -2.17. The third kappa shape index (κ3) is 6.69. The van der Waals surface area contributed by atoms with E-state index in [1.165, 1.54) is 12.1 Å². The highest BCUT2D eigenvalue weighted by Gasteiger charge is 2.26. The summed E-state index contributed by atoms with van der Waals surface area (Å²) < 4.78 is 39.2. The van der Waals surface area contributed by atoms with Crippen LogP contribution in [0, 0.1) is 12.3 Å². The minimum Gasteiger partial charge on any atom is -0.482 e. The van der Waals surface area contributed by atoms with Crippen LogP contribution in [0.25, 0.3) is 11.0 Å². The molecule has 0 aliphatic rings. The van der Waals surface area contributed by atoms with Gasteiger partial charge in [0.15, 0.2) is 6.61 Å². The third-order valence-corrected chi connectivity index (χ3v) is 5.80. The number of ether oxygens (including phenoxy) is 1. The number of carbonyl (C=O) groups is 1. The van der Waals surface area contributed by atoms with Crippen LogP contribution in [0.3, 0.4) is 0 Å². The Morgan fingerprint density at radius 3 is 2.57 bits per heavy atom. The first-order valence-electron chi connectivity index (χ1n) is 8.94. The van der Waals surface area contributed by atoms with Crippen molar-refractivity contribution >= 4 is 40.6 Å². The molecule has 30 heavy (non-hydrogen) atoms. The lowest BCUT2D eigenvalue weighted by Crippen LogP contribution is -2.29. The summed E-state index contributed by atoms with van der Waals surface area (Å²) in [4.78, 5) is 23.6. The molecule has 0 aliphatic heterocycles. The van der Waals surface area contributed by atoms with Crippen LogP contribution in [-0.2, 0) is 29.5 Å². The molecule has 9 nitrogen and oxygen atoms in total. The van der Waals surface area contributed by atoms with Crippen molar-refractivity contribution in [2.75, 3.05) is 26.4 Å². The molecule has 0 spiro atoms. The van der Waals surface area contributed by atoms with Crippen molar-refractivity contribution in [3.63, 3.8) is 0 Å².